The number of hydrogen-bond donors (Lipinski definition) is 1. The number of nitrogens with one attached hydrogen (secondary N) is 1. The number of carbonyl (C=O) groups is 1. The molecule has 23 heavy (non-hydrogen) atoms. The van der Waals surface area contributed by atoms with Gasteiger partial charge in [0.05, 0.1) is 7.11 Å². The smallest absolute Gasteiger partial charge is 0.387 e. The Kier molecular flexibility index (Phi) is 4.66. The molecule has 7 heteroatoms. The number of hydrogen-bond acceptors (Lipinski definition) is 4. The quantitative estimate of drug-likeness (QED) is 0.899. The molecule has 0 aromatic heterocycles. The van der Waals surface area contributed by atoms with Crippen molar-refractivity contribution in [1.82, 2.24) is 10.2 Å². The van der Waals surface area contributed by atoms with Crippen LogP contribution in [0.4, 0.5) is 8.78 Å². The third-order valence-corrected chi connectivity index (χ3v) is 4.46. The molecule has 1 amide bonds. The van der Waals surface area contributed by atoms with E-state index in [1.165, 1.54) is 13.2 Å². The van der Waals surface area contributed by atoms with Crippen molar-refractivity contribution in [2.24, 2.45) is 5.92 Å². The molecule has 0 radical (unpaired) electrons. The van der Waals surface area contributed by atoms with Crippen LogP contribution in [0.5, 0.6) is 11.5 Å². The zero-order valence-electron chi connectivity index (χ0n) is 12.9. The van der Waals surface area contributed by atoms with Gasteiger partial charge in [0.2, 0.25) is 5.91 Å². The summed E-state index contributed by atoms with van der Waals surface area (Å²) in [6.45, 7) is -0.413. The lowest BCUT2D eigenvalue weighted by Crippen LogP contribution is -2.44. The van der Waals surface area contributed by atoms with E-state index in [0.717, 1.165) is 25.1 Å². The molecule has 1 aromatic carbocycles. The maximum atomic E-state index is 12.3. The summed E-state index contributed by atoms with van der Waals surface area (Å²) in [4.78, 5) is 13.7. The van der Waals surface area contributed by atoms with Gasteiger partial charge in [-0.2, -0.15) is 8.78 Å². The number of fused-ring (bicyclic) bond motifs is 1. The maximum Gasteiger partial charge on any atom is 0.387 e. The van der Waals surface area contributed by atoms with Crippen LogP contribution in [-0.2, 0) is 11.3 Å². The highest BCUT2D eigenvalue weighted by Gasteiger charge is 2.36. The molecule has 1 aromatic rings. The van der Waals surface area contributed by atoms with E-state index in [0.29, 0.717) is 30.7 Å². The van der Waals surface area contributed by atoms with Gasteiger partial charge in [-0.05, 0) is 24.1 Å². The maximum absolute atomic E-state index is 12.3. The molecule has 2 fully saturated rings. The molecule has 5 nitrogen and oxygen atoms in total. The molecule has 0 spiro atoms. The summed E-state index contributed by atoms with van der Waals surface area (Å²) in [5.41, 5.74) is 0.971. The van der Waals surface area contributed by atoms with Crippen molar-refractivity contribution in [2.75, 3.05) is 20.2 Å². The zero-order chi connectivity index (χ0) is 16.4. The minimum Gasteiger partial charge on any atom is -0.493 e. The predicted octanol–water partition coefficient (Wildman–Crippen LogP) is 2.01. The van der Waals surface area contributed by atoms with Gasteiger partial charge in [0.1, 0.15) is 0 Å². The average molecular weight is 326 g/mol. The molecule has 126 valence electrons. The van der Waals surface area contributed by atoms with E-state index in [-0.39, 0.29) is 11.7 Å². The van der Waals surface area contributed by atoms with Crippen molar-refractivity contribution < 1.29 is 23.0 Å². The number of nitrogens with zero attached hydrogens (tertiary/aromatic N) is 1. The molecule has 3 rings (SSSR count). The average Bonchev–Trinajstić information content (AvgIpc) is 2.87. The fourth-order valence-corrected chi connectivity index (χ4v) is 3.41. The molecule has 0 aliphatic carbocycles. The van der Waals surface area contributed by atoms with E-state index in [4.69, 9.17) is 4.74 Å². The van der Waals surface area contributed by atoms with E-state index in [1.807, 2.05) is 0 Å². The van der Waals surface area contributed by atoms with Crippen LogP contribution in [0.25, 0.3) is 0 Å². The Morgan fingerprint density at radius 1 is 1.39 bits per heavy atom. The fourth-order valence-electron chi connectivity index (χ4n) is 3.41. The summed E-state index contributed by atoms with van der Waals surface area (Å²) < 4.78 is 34.3. The van der Waals surface area contributed by atoms with Crippen LogP contribution in [0.15, 0.2) is 18.2 Å². The molecule has 2 atom stereocenters. The number of alkyl halides is 2. The number of piperidine rings is 1. The van der Waals surface area contributed by atoms with Crippen molar-refractivity contribution in [3.63, 3.8) is 0 Å². The van der Waals surface area contributed by atoms with Crippen LogP contribution in [0.3, 0.4) is 0 Å². The number of halogens is 2. The minimum atomic E-state index is -2.87. The normalized spacial score (nSPS) is 24.4. The summed E-state index contributed by atoms with van der Waals surface area (Å²) in [5, 5.41) is 3.01. The van der Waals surface area contributed by atoms with Gasteiger partial charge in [-0.15, -0.1) is 0 Å². The van der Waals surface area contributed by atoms with E-state index in [2.05, 4.69) is 15.0 Å². The third kappa shape index (κ3) is 3.72. The summed E-state index contributed by atoms with van der Waals surface area (Å²) >= 11 is 0. The van der Waals surface area contributed by atoms with E-state index in [1.54, 1.807) is 12.1 Å². The Morgan fingerprint density at radius 2 is 2.22 bits per heavy atom. The number of methoxy groups -OCH3 is 1. The SMILES string of the molecule is COc1cc(CN2CC[C@@H]3NC(=O)C[C@@H]3C2)ccc1OC(F)F. The van der Waals surface area contributed by atoms with Crippen LogP contribution < -0.4 is 14.8 Å². The van der Waals surface area contributed by atoms with E-state index in [9.17, 15) is 13.6 Å². The van der Waals surface area contributed by atoms with Crippen LogP contribution in [0.1, 0.15) is 18.4 Å². The number of amides is 1. The molecule has 2 aliphatic heterocycles. The van der Waals surface area contributed by atoms with Crippen molar-refractivity contribution in [3.05, 3.63) is 23.8 Å². The van der Waals surface area contributed by atoms with Crippen molar-refractivity contribution in [1.29, 1.82) is 0 Å². The molecule has 1 N–H and O–H groups in total. The van der Waals surface area contributed by atoms with Gasteiger partial charge in [0.15, 0.2) is 11.5 Å². The molecular formula is C16H20F2N2O3. The molecule has 0 saturated carbocycles. The van der Waals surface area contributed by atoms with Crippen molar-refractivity contribution >= 4 is 5.91 Å². The van der Waals surface area contributed by atoms with Crippen LogP contribution >= 0.6 is 0 Å². The standard InChI is InChI=1S/C16H20F2N2O3/c1-22-14-6-10(2-3-13(14)23-16(17)18)8-20-5-4-12-11(9-20)7-15(21)19-12/h2-3,6,11-12,16H,4-5,7-9H2,1H3,(H,19,21)/t11-,12+/m1/s1. The number of likely N-dealkylation sites (tertiary alicyclic amines) is 1. The summed E-state index contributed by atoms with van der Waals surface area (Å²) in [6.07, 6.45) is 1.53. The number of carbonyl (C=O) groups excluding carboxylic acids is 1. The monoisotopic (exact) mass is 326 g/mol. The van der Waals surface area contributed by atoms with Gasteiger partial charge in [0.25, 0.3) is 0 Å². The van der Waals surface area contributed by atoms with Crippen LogP contribution in [0, 0.1) is 5.92 Å². The zero-order valence-corrected chi connectivity index (χ0v) is 12.9. The molecule has 2 heterocycles. The Labute approximate surface area is 133 Å². The molecule has 0 bridgehead atoms. The van der Waals surface area contributed by atoms with Gasteiger partial charge < -0.3 is 14.8 Å². The van der Waals surface area contributed by atoms with Crippen molar-refractivity contribution in [3.8, 4) is 11.5 Å². The first-order chi connectivity index (χ1) is 11.0. The Balaban J connectivity index is 1.65. The summed E-state index contributed by atoms with van der Waals surface area (Å²) in [5.74, 6) is 0.836. The minimum absolute atomic E-state index is 0.0375. The summed E-state index contributed by atoms with van der Waals surface area (Å²) in [6, 6.07) is 5.30. The van der Waals surface area contributed by atoms with E-state index >= 15 is 0 Å². The molecule has 2 aliphatic rings. The first kappa shape index (κ1) is 16.0. The lowest BCUT2D eigenvalue weighted by atomic mass is 9.93. The number of ether oxygens (including phenoxy) is 2. The van der Waals surface area contributed by atoms with Gasteiger partial charge in [0, 0.05) is 38.0 Å². The second-order valence-electron chi connectivity index (χ2n) is 6.03. The predicted molar refractivity (Wildman–Crippen MR) is 79.6 cm³/mol. The molecular weight excluding hydrogens is 306 g/mol. The third-order valence-electron chi connectivity index (χ3n) is 4.46. The molecule has 2 saturated heterocycles. The van der Waals surface area contributed by atoms with Gasteiger partial charge in [-0.3, -0.25) is 9.69 Å². The van der Waals surface area contributed by atoms with E-state index < -0.39 is 6.61 Å². The Hall–Kier alpha value is -1.89. The summed E-state index contributed by atoms with van der Waals surface area (Å²) in [7, 11) is 1.43. The Bertz CT molecular complexity index is 582. The largest absolute Gasteiger partial charge is 0.493 e. The second kappa shape index (κ2) is 6.70. The van der Waals surface area contributed by atoms with Gasteiger partial charge in [-0.25, -0.2) is 0 Å². The first-order valence-electron chi connectivity index (χ1n) is 7.68. The highest BCUT2D eigenvalue weighted by molar-refractivity contribution is 5.79. The van der Waals surface area contributed by atoms with Crippen LogP contribution in [-0.4, -0.2) is 43.7 Å². The first-order valence-corrected chi connectivity index (χ1v) is 7.68. The lowest BCUT2D eigenvalue weighted by Gasteiger charge is -2.34. The van der Waals surface area contributed by atoms with Gasteiger partial charge >= 0.3 is 6.61 Å². The van der Waals surface area contributed by atoms with Gasteiger partial charge in [-0.1, -0.05) is 6.07 Å². The highest BCUT2D eigenvalue weighted by atomic mass is 19.3. The number of benzene rings is 1. The highest BCUT2D eigenvalue weighted by Crippen LogP contribution is 2.31. The second-order valence-corrected chi connectivity index (χ2v) is 6.03. The lowest BCUT2D eigenvalue weighted by molar-refractivity contribution is -0.119. The van der Waals surface area contributed by atoms with Crippen LogP contribution in [0.2, 0.25) is 0 Å². The fraction of sp³-hybridized carbons (Fsp3) is 0.562. The van der Waals surface area contributed by atoms with Crippen molar-refractivity contribution in [2.45, 2.75) is 32.0 Å². The Morgan fingerprint density at radius 3 is 2.96 bits per heavy atom. The number of rotatable bonds is 5. The molecule has 0 unspecified atom stereocenters. The topological polar surface area (TPSA) is 50.8 Å².